The Morgan fingerprint density at radius 3 is 2.11 bits per heavy atom. The summed E-state index contributed by atoms with van der Waals surface area (Å²) in [4.78, 5) is 13.7. The molecule has 0 aromatic heterocycles. The lowest BCUT2D eigenvalue weighted by atomic mass is 9.87. The molecule has 5 rings (SSSR count). The van der Waals surface area contributed by atoms with Crippen molar-refractivity contribution < 1.29 is 41.0 Å². The van der Waals surface area contributed by atoms with Gasteiger partial charge in [0, 0.05) is 18.6 Å². The largest absolute Gasteiger partial charge is 0.490 e. The van der Waals surface area contributed by atoms with E-state index in [0.717, 1.165) is 18.4 Å². The first-order valence-corrected chi connectivity index (χ1v) is 12.8. The van der Waals surface area contributed by atoms with E-state index in [2.05, 4.69) is 4.90 Å². The molecule has 0 amide bonds. The molecule has 2 aromatic rings. The third-order valence-corrected chi connectivity index (χ3v) is 8.41. The number of ether oxygens (including phenoxy) is 1. The summed E-state index contributed by atoms with van der Waals surface area (Å²) in [7, 11) is 0. The zero-order chi connectivity index (χ0) is 26.5. The summed E-state index contributed by atoms with van der Waals surface area (Å²) in [5.41, 5.74) is -0.178. The molecule has 3 aliphatic rings. The lowest BCUT2D eigenvalue weighted by Gasteiger charge is -2.37. The maximum atomic E-state index is 14.3. The maximum Gasteiger partial charge on any atom is 0.420 e. The smallest absolute Gasteiger partial charge is 0.420 e. The highest BCUT2D eigenvalue weighted by Crippen LogP contribution is 2.45. The fourth-order valence-electron chi connectivity index (χ4n) is 6.55. The number of fused-ring (bicyclic) bond motifs is 3. The van der Waals surface area contributed by atoms with E-state index in [1.807, 2.05) is 0 Å². The Morgan fingerprint density at radius 1 is 0.892 bits per heavy atom. The minimum atomic E-state index is -4.71. The van der Waals surface area contributed by atoms with E-state index in [9.17, 15) is 36.2 Å². The van der Waals surface area contributed by atoms with Crippen molar-refractivity contribution in [1.29, 1.82) is 0 Å². The Labute approximate surface area is 210 Å². The molecule has 2 atom stereocenters. The number of aliphatic carboxylic acids is 1. The predicted molar refractivity (Wildman–Crippen MR) is 124 cm³/mol. The number of hydrogen-bond donors (Lipinski definition) is 1. The average molecular weight is 530 g/mol. The fraction of sp³-hybridized carbons (Fsp3) is 0.593. The quantitative estimate of drug-likeness (QED) is 0.417. The van der Waals surface area contributed by atoms with Gasteiger partial charge in [-0.05, 0) is 73.8 Å². The number of piperidine rings is 1. The van der Waals surface area contributed by atoms with E-state index in [1.54, 1.807) is 18.2 Å². The van der Waals surface area contributed by atoms with Crippen LogP contribution in [0, 0.1) is 11.8 Å². The fourth-order valence-corrected chi connectivity index (χ4v) is 6.55. The lowest BCUT2D eigenvalue weighted by Crippen LogP contribution is -2.44. The van der Waals surface area contributed by atoms with Crippen molar-refractivity contribution in [3.8, 4) is 5.75 Å². The van der Waals surface area contributed by atoms with Gasteiger partial charge in [-0.2, -0.15) is 26.3 Å². The van der Waals surface area contributed by atoms with Crippen LogP contribution >= 0.6 is 0 Å². The maximum absolute atomic E-state index is 14.3. The second-order valence-corrected chi connectivity index (χ2v) is 10.6. The van der Waals surface area contributed by atoms with Gasteiger partial charge in [0.05, 0.1) is 17.9 Å². The van der Waals surface area contributed by atoms with Crippen molar-refractivity contribution in [1.82, 2.24) is 4.90 Å². The van der Waals surface area contributed by atoms with Crippen LogP contribution in [0.25, 0.3) is 10.8 Å². The van der Waals surface area contributed by atoms with Crippen LogP contribution in [0.2, 0.25) is 0 Å². The molecule has 1 N–H and O–H groups in total. The van der Waals surface area contributed by atoms with Gasteiger partial charge in [-0.15, -0.1) is 0 Å². The van der Waals surface area contributed by atoms with Crippen LogP contribution < -0.4 is 4.74 Å². The summed E-state index contributed by atoms with van der Waals surface area (Å²) < 4.78 is 87.5. The standard InChI is InChI=1S/C27H29F6NO3/c28-26(29,30)17-4-8-20(9-5-17)37-23-11-10-21-15(2-1-3-22(21)24(23)27(31,32)33)14-34-18-6-7-19(34)13-16(12-18)25(35)36/h1-3,10-11,16-20H,4-9,12-14H2,(H,35,36). The van der Waals surface area contributed by atoms with E-state index in [0.29, 0.717) is 24.8 Å². The zero-order valence-corrected chi connectivity index (χ0v) is 20.1. The molecule has 2 bridgehead atoms. The molecule has 1 aliphatic carbocycles. The molecule has 10 heteroatoms. The van der Waals surface area contributed by atoms with E-state index >= 15 is 0 Å². The second-order valence-electron chi connectivity index (χ2n) is 10.6. The molecule has 2 aliphatic heterocycles. The molecule has 202 valence electrons. The lowest BCUT2D eigenvalue weighted by molar-refractivity contribution is -0.185. The summed E-state index contributed by atoms with van der Waals surface area (Å²) >= 11 is 0. The Hall–Kier alpha value is -2.49. The van der Waals surface area contributed by atoms with Crippen molar-refractivity contribution >= 4 is 16.7 Å². The SMILES string of the molecule is O=C(O)C1CC2CCC(C1)N2Cc1cccc2c(C(F)(F)F)c(OC3CCC(C(F)(F)F)CC3)ccc12. The van der Waals surface area contributed by atoms with Crippen molar-refractivity contribution in [3.05, 3.63) is 41.5 Å². The highest BCUT2D eigenvalue weighted by molar-refractivity contribution is 5.91. The van der Waals surface area contributed by atoms with Crippen LogP contribution in [0.1, 0.15) is 62.5 Å². The number of benzene rings is 2. The van der Waals surface area contributed by atoms with E-state index in [1.165, 1.54) is 12.1 Å². The van der Waals surface area contributed by atoms with Gasteiger partial charge in [0.1, 0.15) is 11.3 Å². The van der Waals surface area contributed by atoms with Crippen LogP contribution in [0.5, 0.6) is 5.75 Å². The third-order valence-electron chi connectivity index (χ3n) is 8.41. The van der Waals surface area contributed by atoms with Gasteiger partial charge in [-0.25, -0.2) is 0 Å². The number of hydrogen-bond acceptors (Lipinski definition) is 3. The zero-order valence-electron chi connectivity index (χ0n) is 20.1. The third kappa shape index (κ3) is 5.26. The van der Waals surface area contributed by atoms with Crippen molar-refractivity contribution in [2.45, 2.75) is 88.5 Å². The molecule has 2 unspecified atom stereocenters. The number of halogens is 6. The number of carbonyl (C=O) groups is 1. The van der Waals surface area contributed by atoms with E-state index in [4.69, 9.17) is 4.74 Å². The van der Waals surface area contributed by atoms with Crippen LogP contribution in [0.15, 0.2) is 30.3 Å². The summed E-state index contributed by atoms with van der Waals surface area (Å²) in [6.45, 7) is 0.429. The van der Waals surface area contributed by atoms with Gasteiger partial charge in [0.2, 0.25) is 0 Å². The van der Waals surface area contributed by atoms with E-state index in [-0.39, 0.29) is 54.8 Å². The van der Waals surface area contributed by atoms with Gasteiger partial charge in [0.25, 0.3) is 0 Å². The normalized spacial score (nSPS) is 29.0. The summed E-state index contributed by atoms with van der Waals surface area (Å²) in [6, 6.07) is 7.85. The van der Waals surface area contributed by atoms with E-state index < -0.39 is 35.9 Å². The Balaban J connectivity index is 1.40. The van der Waals surface area contributed by atoms with Crippen molar-refractivity contribution in [2.24, 2.45) is 11.8 Å². The second kappa shape index (κ2) is 9.67. The van der Waals surface area contributed by atoms with Crippen molar-refractivity contribution in [2.75, 3.05) is 0 Å². The molecular formula is C27H29F6NO3. The topological polar surface area (TPSA) is 49.8 Å². The van der Waals surface area contributed by atoms with Gasteiger partial charge >= 0.3 is 18.3 Å². The average Bonchev–Trinajstić information content (AvgIpc) is 3.04. The molecule has 1 saturated carbocycles. The van der Waals surface area contributed by atoms with Gasteiger partial charge in [0.15, 0.2) is 0 Å². The molecule has 2 heterocycles. The Morgan fingerprint density at radius 2 is 1.54 bits per heavy atom. The number of nitrogens with zero attached hydrogens (tertiary/aromatic N) is 1. The van der Waals surface area contributed by atoms with Gasteiger partial charge in [-0.3, -0.25) is 9.69 Å². The van der Waals surface area contributed by atoms with Crippen LogP contribution in [-0.4, -0.2) is 40.3 Å². The number of rotatable bonds is 5. The van der Waals surface area contributed by atoms with Crippen molar-refractivity contribution in [3.63, 3.8) is 0 Å². The summed E-state index contributed by atoms with van der Waals surface area (Å²) in [5.74, 6) is -2.97. The number of carboxylic acid groups (broad SMARTS) is 1. The summed E-state index contributed by atoms with van der Waals surface area (Å²) in [6.07, 6.45) is -7.10. The Bertz CT molecular complexity index is 1140. The van der Waals surface area contributed by atoms with Gasteiger partial charge < -0.3 is 9.84 Å². The highest BCUT2D eigenvalue weighted by atomic mass is 19.4. The summed E-state index contributed by atoms with van der Waals surface area (Å²) in [5, 5.41) is 9.88. The first-order chi connectivity index (χ1) is 17.4. The molecule has 4 nitrogen and oxygen atoms in total. The molecule has 2 aromatic carbocycles. The minimum Gasteiger partial charge on any atom is -0.490 e. The van der Waals surface area contributed by atoms with Gasteiger partial charge in [-0.1, -0.05) is 24.3 Å². The monoisotopic (exact) mass is 529 g/mol. The molecular weight excluding hydrogens is 500 g/mol. The van der Waals surface area contributed by atoms with Crippen LogP contribution in [-0.2, 0) is 17.5 Å². The van der Waals surface area contributed by atoms with Crippen LogP contribution in [0.3, 0.4) is 0 Å². The first kappa shape index (κ1) is 26.1. The number of carboxylic acids is 1. The van der Waals surface area contributed by atoms with Crippen LogP contribution in [0.4, 0.5) is 26.3 Å². The minimum absolute atomic E-state index is 0.000698. The molecule has 3 fully saturated rings. The molecule has 0 radical (unpaired) electrons. The predicted octanol–water partition coefficient (Wildman–Crippen LogP) is 7.19. The molecule has 0 spiro atoms. The molecule has 37 heavy (non-hydrogen) atoms. The first-order valence-electron chi connectivity index (χ1n) is 12.8. The molecule has 2 saturated heterocycles. The number of alkyl halides is 6. The Kier molecular flexibility index (Phi) is 6.83. The highest BCUT2D eigenvalue weighted by Gasteiger charge is 2.44.